The Morgan fingerprint density at radius 1 is 1.30 bits per heavy atom. The highest BCUT2D eigenvalue weighted by Gasteiger charge is 2.58. The molecule has 0 saturated carbocycles. The molecule has 1 aromatic carbocycles. The first-order valence-electron chi connectivity index (χ1n) is 12.7. The van der Waals surface area contributed by atoms with Crippen molar-refractivity contribution in [1.82, 2.24) is 20.3 Å². The molecule has 1 aliphatic heterocycles. The number of oxime groups is 1. The van der Waals surface area contributed by atoms with Crippen LogP contribution in [-0.4, -0.2) is 94.0 Å². The second-order valence-electron chi connectivity index (χ2n) is 9.71. The summed E-state index contributed by atoms with van der Waals surface area (Å²) in [5.74, 6) is -2.54. The third-order valence-electron chi connectivity index (χ3n) is 6.22. The number of carboxylic acids is 1. The molecule has 1 fully saturated rings. The van der Waals surface area contributed by atoms with Crippen LogP contribution in [0.25, 0.3) is 10.8 Å². The van der Waals surface area contributed by atoms with E-state index < -0.39 is 58.2 Å². The van der Waals surface area contributed by atoms with Gasteiger partial charge in [0.05, 0.1) is 5.54 Å². The number of thiazole rings is 1. The number of rotatable bonds is 14. The van der Waals surface area contributed by atoms with Gasteiger partial charge in [0, 0.05) is 30.1 Å². The first-order valence-corrected chi connectivity index (χ1v) is 14.9. The number of aromatic nitrogens is 2. The molecule has 0 bridgehead atoms. The van der Waals surface area contributed by atoms with E-state index in [9.17, 15) is 27.9 Å². The Bertz CT molecular complexity index is 1710. The van der Waals surface area contributed by atoms with Crippen LogP contribution in [0, 0.1) is 0 Å². The van der Waals surface area contributed by atoms with Crippen LogP contribution in [0.3, 0.4) is 0 Å². The van der Waals surface area contributed by atoms with E-state index in [1.54, 1.807) is 30.5 Å². The minimum atomic E-state index is -5.02. The number of carboxylic acid groups (broad SMARTS) is 1. The highest BCUT2D eigenvalue weighted by atomic mass is 32.3. The van der Waals surface area contributed by atoms with Gasteiger partial charge in [0.2, 0.25) is 0 Å². The quantitative estimate of drug-likeness (QED) is 0.0566. The van der Waals surface area contributed by atoms with Gasteiger partial charge in [-0.3, -0.25) is 14.1 Å². The van der Waals surface area contributed by atoms with Crippen LogP contribution in [0.15, 0.2) is 41.0 Å². The van der Waals surface area contributed by atoms with E-state index in [1.165, 1.54) is 19.2 Å². The van der Waals surface area contributed by atoms with Crippen molar-refractivity contribution >= 4 is 67.0 Å². The Labute approximate surface area is 253 Å². The highest BCUT2D eigenvalue weighted by molar-refractivity contribution is 7.80. The van der Waals surface area contributed by atoms with Crippen molar-refractivity contribution in [1.29, 1.82) is 0 Å². The van der Waals surface area contributed by atoms with Crippen molar-refractivity contribution in [3.05, 3.63) is 41.5 Å². The standard InChI is InChI=1S/C24H28N8O10S2/c1-24(2)18(21(34)32(24)42-44(37,38)39)30-20(33)17(15-11-43-23(26)29-15)31-41-16(22(35)36)10-40-13-3-4-14-12(9-13)5-7-27-19(14)28-8-6-25/h3-5,7,9,11,16,18H,6,8,10,25H2,1-2H3,(H2,26,29)(H,27,28)(H,30,33)(H,35,36)(H,37,38,39). The largest absolute Gasteiger partial charge is 0.489 e. The lowest BCUT2D eigenvalue weighted by Crippen LogP contribution is -2.76. The molecule has 3 heterocycles. The smallest absolute Gasteiger partial charge is 0.418 e. The fourth-order valence-corrected chi connectivity index (χ4v) is 5.03. The minimum absolute atomic E-state index is 0.0549. The first kappa shape index (κ1) is 32.3. The lowest BCUT2D eigenvalue weighted by Gasteiger charge is -2.50. The van der Waals surface area contributed by atoms with Gasteiger partial charge in [-0.1, -0.05) is 5.16 Å². The number of nitrogens with two attached hydrogens (primary N) is 2. The number of hydrogen-bond donors (Lipinski definition) is 6. The summed E-state index contributed by atoms with van der Waals surface area (Å²) in [5.41, 5.74) is 9.18. The van der Waals surface area contributed by atoms with E-state index in [4.69, 9.17) is 25.6 Å². The minimum Gasteiger partial charge on any atom is -0.489 e. The Morgan fingerprint density at radius 2 is 2.05 bits per heavy atom. The van der Waals surface area contributed by atoms with Gasteiger partial charge >= 0.3 is 16.4 Å². The number of ether oxygens (including phenoxy) is 1. The highest BCUT2D eigenvalue weighted by Crippen LogP contribution is 2.33. The molecule has 44 heavy (non-hydrogen) atoms. The third-order valence-corrected chi connectivity index (χ3v) is 7.23. The van der Waals surface area contributed by atoms with E-state index in [2.05, 4.69) is 30.0 Å². The molecular formula is C24H28N8O10S2. The van der Waals surface area contributed by atoms with Crippen molar-refractivity contribution in [3.8, 4) is 5.75 Å². The van der Waals surface area contributed by atoms with Crippen LogP contribution in [0.5, 0.6) is 5.75 Å². The molecule has 1 saturated heterocycles. The molecule has 0 radical (unpaired) electrons. The average molecular weight is 653 g/mol. The van der Waals surface area contributed by atoms with Gasteiger partial charge in [-0.05, 0) is 43.5 Å². The summed E-state index contributed by atoms with van der Waals surface area (Å²) in [6.07, 6.45) is -0.0954. The number of amides is 2. The number of carbonyl (C=O) groups is 3. The van der Waals surface area contributed by atoms with Crippen molar-refractivity contribution < 1.29 is 46.3 Å². The van der Waals surface area contributed by atoms with Crippen molar-refractivity contribution in [2.24, 2.45) is 10.9 Å². The molecule has 18 nitrogen and oxygen atoms in total. The van der Waals surface area contributed by atoms with E-state index >= 15 is 0 Å². The molecule has 4 rings (SSSR count). The monoisotopic (exact) mass is 652 g/mol. The zero-order valence-electron chi connectivity index (χ0n) is 23.2. The average Bonchev–Trinajstić information content (AvgIpc) is 3.39. The summed E-state index contributed by atoms with van der Waals surface area (Å²) in [6, 6.07) is 5.45. The maximum Gasteiger partial charge on any atom is 0.418 e. The number of aliphatic carboxylic acids is 1. The fraction of sp³-hybridized carbons (Fsp3) is 0.333. The molecular weight excluding hydrogens is 624 g/mol. The third kappa shape index (κ3) is 7.29. The van der Waals surface area contributed by atoms with Crippen LogP contribution in [0.4, 0.5) is 10.9 Å². The Morgan fingerprint density at radius 3 is 2.66 bits per heavy atom. The summed E-state index contributed by atoms with van der Waals surface area (Å²) >= 11 is 0.954. The fourth-order valence-electron chi connectivity index (χ4n) is 4.03. The second-order valence-corrected chi connectivity index (χ2v) is 11.6. The topological polar surface area (TPSA) is 271 Å². The molecule has 3 aromatic rings. The maximum atomic E-state index is 13.2. The van der Waals surface area contributed by atoms with E-state index in [0.717, 1.165) is 22.1 Å². The number of nitrogens with zero attached hydrogens (tertiary/aromatic N) is 4. The Balaban J connectivity index is 1.49. The van der Waals surface area contributed by atoms with Crippen molar-refractivity contribution in [2.45, 2.75) is 31.5 Å². The molecule has 2 amide bonds. The molecule has 0 spiro atoms. The molecule has 2 atom stereocenters. The predicted molar refractivity (Wildman–Crippen MR) is 156 cm³/mol. The molecule has 8 N–H and O–H groups in total. The van der Waals surface area contributed by atoms with Crippen LogP contribution in [0.2, 0.25) is 0 Å². The Hall–Kier alpha value is -4.63. The number of nitrogen functional groups attached to an aromatic ring is 1. The number of β-lactam (4-membered cyclic amide) rings is 1. The summed E-state index contributed by atoms with van der Waals surface area (Å²) in [6.45, 7) is 3.14. The number of hydroxylamine groups is 2. The van der Waals surface area contributed by atoms with Crippen LogP contribution in [0.1, 0.15) is 19.5 Å². The Kier molecular flexibility index (Phi) is 9.49. The van der Waals surface area contributed by atoms with E-state index in [0.29, 0.717) is 29.7 Å². The lowest BCUT2D eigenvalue weighted by molar-refractivity contribution is -0.218. The predicted octanol–water partition coefficient (Wildman–Crippen LogP) is -0.263. The van der Waals surface area contributed by atoms with Crippen LogP contribution in [-0.2, 0) is 33.9 Å². The molecule has 20 heteroatoms. The van der Waals surface area contributed by atoms with Crippen molar-refractivity contribution in [3.63, 3.8) is 0 Å². The molecule has 2 aromatic heterocycles. The van der Waals surface area contributed by atoms with Gasteiger partial charge in [0.25, 0.3) is 17.9 Å². The number of anilines is 2. The number of pyridine rings is 1. The number of benzene rings is 1. The summed E-state index contributed by atoms with van der Waals surface area (Å²) < 4.78 is 41.0. The van der Waals surface area contributed by atoms with Gasteiger partial charge < -0.3 is 36.8 Å². The van der Waals surface area contributed by atoms with Gasteiger partial charge in [-0.25, -0.2) is 14.8 Å². The number of nitrogens with one attached hydrogen (secondary N) is 2. The maximum absolute atomic E-state index is 13.2. The number of fused-ring (bicyclic) bond motifs is 1. The van der Waals surface area contributed by atoms with Gasteiger partial charge in [-0.15, -0.1) is 15.6 Å². The summed E-state index contributed by atoms with van der Waals surface area (Å²) in [7, 11) is -5.02. The molecule has 236 valence electrons. The number of carbonyl (C=O) groups excluding carboxylic acids is 2. The van der Waals surface area contributed by atoms with Gasteiger partial charge in [-0.2, -0.15) is 13.5 Å². The van der Waals surface area contributed by atoms with E-state index in [-0.39, 0.29) is 10.8 Å². The molecule has 1 aliphatic rings. The second kappa shape index (κ2) is 12.9. The zero-order chi connectivity index (χ0) is 32.2. The van der Waals surface area contributed by atoms with Crippen LogP contribution < -0.4 is 26.8 Å². The molecule has 2 unspecified atom stereocenters. The number of hydrogen-bond acceptors (Lipinski definition) is 15. The molecule has 0 aliphatic carbocycles. The summed E-state index contributed by atoms with van der Waals surface area (Å²) in [5, 5.41) is 22.2. The zero-order valence-corrected chi connectivity index (χ0v) is 24.8. The normalized spacial score (nSPS) is 17.1. The lowest BCUT2D eigenvalue weighted by atomic mass is 9.84. The van der Waals surface area contributed by atoms with Gasteiger partial charge in [0.1, 0.15) is 29.9 Å². The first-order chi connectivity index (χ1) is 20.7. The van der Waals surface area contributed by atoms with Crippen molar-refractivity contribution in [2.75, 3.05) is 30.7 Å². The van der Waals surface area contributed by atoms with E-state index in [1.807, 2.05) is 0 Å². The van der Waals surface area contributed by atoms with Gasteiger partial charge in [0.15, 0.2) is 10.8 Å². The summed E-state index contributed by atoms with van der Waals surface area (Å²) in [4.78, 5) is 51.0. The SMILES string of the molecule is CC1(C)C(NC(=O)C(=NOC(COc2ccc3c(NCCN)nccc3c2)C(=O)O)c2csc(N)n2)C(=O)N1OS(=O)(=O)O. The van der Waals surface area contributed by atoms with Crippen LogP contribution >= 0.6 is 11.3 Å².